The first-order chi connectivity index (χ1) is 5.15. The summed E-state index contributed by atoms with van der Waals surface area (Å²) in [5.74, 6) is -1.33. The van der Waals surface area contributed by atoms with Crippen LogP contribution in [0.2, 0.25) is 5.02 Å². The van der Waals surface area contributed by atoms with Crippen LogP contribution in [0.25, 0.3) is 0 Å². The zero-order valence-electron chi connectivity index (χ0n) is 5.37. The van der Waals surface area contributed by atoms with Crippen LogP contribution in [-0.2, 0) is 5.33 Å². The van der Waals surface area contributed by atoms with Gasteiger partial charge in [0.25, 0.3) is 0 Å². The summed E-state index contributed by atoms with van der Waals surface area (Å²) in [5, 5.41) is 0.323. The van der Waals surface area contributed by atoms with E-state index in [9.17, 15) is 8.78 Å². The molecule has 0 heterocycles. The molecule has 0 saturated carbocycles. The third-order valence-corrected chi connectivity index (χ3v) is 2.24. The van der Waals surface area contributed by atoms with Crippen molar-refractivity contribution in [3.63, 3.8) is 0 Å². The van der Waals surface area contributed by atoms with E-state index >= 15 is 0 Å². The second-order valence-electron chi connectivity index (χ2n) is 1.99. The zero-order chi connectivity index (χ0) is 8.43. The largest absolute Gasteiger partial charge is 0.207 e. The Balaban J connectivity index is 3.24. The van der Waals surface area contributed by atoms with Gasteiger partial charge in [0, 0.05) is 11.4 Å². The van der Waals surface area contributed by atoms with Gasteiger partial charge in [0.05, 0.1) is 5.02 Å². The van der Waals surface area contributed by atoms with Crippen LogP contribution >= 0.6 is 27.5 Å². The van der Waals surface area contributed by atoms with Crippen LogP contribution in [-0.4, -0.2) is 0 Å². The van der Waals surface area contributed by atoms with Crippen LogP contribution in [0, 0.1) is 11.6 Å². The molecule has 0 aliphatic heterocycles. The summed E-state index contributed by atoms with van der Waals surface area (Å²) in [6.45, 7) is 0. The van der Waals surface area contributed by atoms with Gasteiger partial charge in [-0.3, -0.25) is 0 Å². The Morgan fingerprint density at radius 1 is 1.36 bits per heavy atom. The molecule has 0 unspecified atom stereocenters. The zero-order valence-corrected chi connectivity index (χ0v) is 7.72. The summed E-state index contributed by atoms with van der Waals surface area (Å²) < 4.78 is 25.1. The van der Waals surface area contributed by atoms with Crippen LogP contribution in [0.5, 0.6) is 0 Å². The fourth-order valence-electron chi connectivity index (χ4n) is 0.707. The number of halogens is 4. The van der Waals surface area contributed by atoms with Crippen molar-refractivity contribution in [1.29, 1.82) is 0 Å². The topological polar surface area (TPSA) is 0 Å². The van der Waals surface area contributed by atoms with Gasteiger partial charge < -0.3 is 0 Å². The monoisotopic (exact) mass is 240 g/mol. The minimum Gasteiger partial charge on any atom is -0.207 e. The molecule has 1 aromatic rings. The highest BCUT2D eigenvalue weighted by molar-refractivity contribution is 9.08. The lowest BCUT2D eigenvalue weighted by atomic mass is 10.2. The predicted molar refractivity (Wildman–Crippen MR) is 44.0 cm³/mol. The van der Waals surface area contributed by atoms with Gasteiger partial charge in [-0.25, -0.2) is 8.78 Å². The van der Waals surface area contributed by atoms with E-state index in [2.05, 4.69) is 15.9 Å². The number of hydrogen-bond acceptors (Lipinski definition) is 0. The van der Waals surface area contributed by atoms with Gasteiger partial charge in [-0.15, -0.1) is 0 Å². The molecule has 0 radical (unpaired) electrons. The van der Waals surface area contributed by atoms with Gasteiger partial charge >= 0.3 is 0 Å². The Morgan fingerprint density at radius 2 is 2.00 bits per heavy atom. The number of alkyl halides is 1. The lowest BCUT2D eigenvalue weighted by molar-refractivity contribution is 0.581. The third kappa shape index (κ3) is 1.91. The Labute approximate surface area is 76.3 Å². The fourth-order valence-corrected chi connectivity index (χ4v) is 1.49. The molecule has 0 amide bonds. The van der Waals surface area contributed by atoms with E-state index in [-0.39, 0.29) is 5.02 Å². The lowest BCUT2D eigenvalue weighted by Crippen LogP contribution is -1.87. The Hall–Kier alpha value is -0.150. The highest BCUT2D eigenvalue weighted by atomic mass is 79.9. The molecule has 1 aromatic carbocycles. The molecule has 0 aliphatic carbocycles. The van der Waals surface area contributed by atoms with Crippen molar-refractivity contribution < 1.29 is 8.78 Å². The molecule has 0 aliphatic rings. The van der Waals surface area contributed by atoms with Crippen molar-refractivity contribution in [3.05, 3.63) is 34.4 Å². The smallest absolute Gasteiger partial charge is 0.145 e. The highest BCUT2D eigenvalue weighted by Gasteiger charge is 2.07. The molecule has 0 fully saturated rings. The molecule has 1 rings (SSSR count). The minimum absolute atomic E-state index is 0.0247. The third-order valence-electron chi connectivity index (χ3n) is 1.21. The Bertz CT molecular complexity index is 275. The standard InChI is InChI=1S/C7H4BrClF2/c8-3-4-1-5(10)2-6(11)7(4)9/h1-2H,3H2. The molecule has 0 N–H and O–H groups in total. The van der Waals surface area contributed by atoms with E-state index in [1.165, 1.54) is 6.07 Å². The van der Waals surface area contributed by atoms with Gasteiger partial charge in [-0.2, -0.15) is 0 Å². The Morgan fingerprint density at radius 3 is 2.55 bits per heavy atom. The molecule has 60 valence electrons. The van der Waals surface area contributed by atoms with Crippen LogP contribution < -0.4 is 0 Å². The molecule has 0 spiro atoms. The van der Waals surface area contributed by atoms with Gasteiger partial charge in [0.2, 0.25) is 0 Å². The van der Waals surface area contributed by atoms with E-state index in [1.807, 2.05) is 0 Å². The summed E-state index contributed by atoms with van der Waals surface area (Å²) in [5.41, 5.74) is 0.421. The van der Waals surface area contributed by atoms with Crippen molar-refractivity contribution in [2.24, 2.45) is 0 Å². The first-order valence-corrected chi connectivity index (χ1v) is 4.34. The highest BCUT2D eigenvalue weighted by Crippen LogP contribution is 2.23. The molecule has 0 bridgehead atoms. The summed E-state index contributed by atoms with van der Waals surface area (Å²) in [4.78, 5) is 0. The van der Waals surface area contributed by atoms with E-state index in [1.54, 1.807) is 0 Å². The van der Waals surface area contributed by atoms with Crippen LogP contribution in [0.1, 0.15) is 5.56 Å². The predicted octanol–water partition coefficient (Wildman–Crippen LogP) is 3.51. The van der Waals surface area contributed by atoms with Gasteiger partial charge in [-0.1, -0.05) is 27.5 Å². The maximum absolute atomic E-state index is 12.6. The van der Waals surface area contributed by atoms with E-state index in [0.717, 1.165) is 6.07 Å². The van der Waals surface area contributed by atoms with Crippen LogP contribution in [0.15, 0.2) is 12.1 Å². The average Bonchev–Trinajstić information content (AvgIpc) is 1.96. The molecular weight excluding hydrogens is 237 g/mol. The normalized spacial score (nSPS) is 10.2. The van der Waals surface area contributed by atoms with Crippen LogP contribution in [0.4, 0.5) is 8.78 Å². The van der Waals surface area contributed by atoms with Crippen molar-refractivity contribution >= 4 is 27.5 Å². The Kier molecular flexibility index (Phi) is 2.84. The minimum atomic E-state index is -0.721. The van der Waals surface area contributed by atoms with E-state index in [4.69, 9.17) is 11.6 Å². The molecule has 0 nitrogen and oxygen atoms in total. The average molecular weight is 241 g/mol. The van der Waals surface area contributed by atoms with E-state index in [0.29, 0.717) is 10.9 Å². The molecule has 0 atom stereocenters. The van der Waals surface area contributed by atoms with Crippen LogP contribution in [0.3, 0.4) is 0 Å². The van der Waals surface area contributed by atoms with Gasteiger partial charge in [0.15, 0.2) is 0 Å². The van der Waals surface area contributed by atoms with Crippen molar-refractivity contribution in [2.45, 2.75) is 5.33 Å². The fraction of sp³-hybridized carbons (Fsp3) is 0.143. The summed E-state index contributed by atoms with van der Waals surface area (Å²) >= 11 is 8.55. The van der Waals surface area contributed by atoms with E-state index < -0.39 is 11.6 Å². The second kappa shape index (κ2) is 3.50. The summed E-state index contributed by atoms with van der Waals surface area (Å²) in [6, 6.07) is 1.95. The molecule has 11 heavy (non-hydrogen) atoms. The van der Waals surface area contributed by atoms with Crippen molar-refractivity contribution in [3.8, 4) is 0 Å². The second-order valence-corrected chi connectivity index (χ2v) is 2.93. The maximum Gasteiger partial charge on any atom is 0.145 e. The van der Waals surface area contributed by atoms with Gasteiger partial charge in [-0.05, 0) is 11.6 Å². The maximum atomic E-state index is 12.6. The van der Waals surface area contributed by atoms with Crippen molar-refractivity contribution in [2.75, 3.05) is 0 Å². The summed E-state index contributed by atoms with van der Waals surface area (Å²) in [7, 11) is 0. The SMILES string of the molecule is Fc1cc(F)c(Cl)c(CBr)c1. The molecule has 0 aromatic heterocycles. The molecular formula is C7H4BrClF2. The van der Waals surface area contributed by atoms with Gasteiger partial charge in [0.1, 0.15) is 11.6 Å². The quantitative estimate of drug-likeness (QED) is 0.521. The van der Waals surface area contributed by atoms with Crippen molar-refractivity contribution in [1.82, 2.24) is 0 Å². The molecule has 4 heteroatoms. The first-order valence-electron chi connectivity index (χ1n) is 2.84. The number of rotatable bonds is 1. The number of benzene rings is 1. The lowest BCUT2D eigenvalue weighted by Gasteiger charge is -2.00. The first kappa shape index (κ1) is 8.94. The number of hydrogen-bond donors (Lipinski definition) is 0. The molecule has 0 saturated heterocycles. The summed E-state index contributed by atoms with van der Waals surface area (Å²) in [6.07, 6.45) is 0.